The van der Waals surface area contributed by atoms with Crippen LogP contribution in [0.15, 0.2) is 18.5 Å². The normalized spacial score (nSPS) is 15.5. The maximum absolute atomic E-state index is 11.7. The second-order valence-corrected chi connectivity index (χ2v) is 4.12. The molecular formula is C12H17NO2. The highest BCUT2D eigenvalue weighted by Gasteiger charge is 2.30. The van der Waals surface area contributed by atoms with E-state index in [0.717, 1.165) is 38.0 Å². The summed E-state index contributed by atoms with van der Waals surface area (Å²) in [6, 6.07) is 1.92. The average molecular weight is 207 g/mol. The lowest BCUT2D eigenvalue weighted by Crippen LogP contribution is -2.01. The number of aromatic nitrogens is 1. The van der Waals surface area contributed by atoms with Gasteiger partial charge >= 0.3 is 0 Å². The number of ketones is 1. The molecule has 0 N–H and O–H groups in total. The summed E-state index contributed by atoms with van der Waals surface area (Å²) < 4.78 is 7.05. The van der Waals surface area contributed by atoms with Crippen molar-refractivity contribution in [2.45, 2.75) is 25.8 Å². The molecule has 1 aromatic rings. The quantitative estimate of drug-likeness (QED) is 0.528. The van der Waals surface area contributed by atoms with Gasteiger partial charge in [0, 0.05) is 44.1 Å². The van der Waals surface area contributed by atoms with Crippen LogP contribution in [0.5, 0.6) is 0 Å². The van der Waals surface area contributed by atoms with Gasteiger partial charge in [-0.2, -0.15) is 0 Å². The zero-order valence-corrected chi connectivity index (χ0v) is 9.11. The van der Waals surface area contributed by atoms with Crippen LogP contribution in [0.1, 0.15) is 29.6 Å². The number of hydrogen-bond donors (Lipinski definition) is 0. The Morgan fingerprint density at radius 2 is 2.40 bits per heavy atom. The molecule has 3 nitrogen and oxygen atoms in total. The van der Waals surface area contributed by atoms with Gasteiger partial charge in [0.1, 0.15) is 0 Å². The highest BCUT2D eigenvalue weighted by atomic mass is 16.5. The molecule has 0 saturated heterocycles. The first-order valence-corrected chi connectivity index (χ1v) is 5.50. The summed E-state index contributed by atoms with van der Waals surface area (Å²) in [5.74, 6) is 0.639. The minimum atomic E-state index is 0.319. The van der Waals surface area contributed by atoms with Crippen LogP contribution >= 0.6 is 0 Å². The molecule has 1 aliphatic rings. The first kappa shape index (κ1) is 10.4. The fraction of sp³-hybridized carbons (Fsp3) is 0.583. The third-order valence-electron chi connectivity index (χ3n) is 2.75. The molecule has 0 radical (unpaired) electrons. The van der Waals surface area contributed by atoms with Crippen molar-refractivity contribution in [1.29, 1.82) is 0 Å². The van der Waals surface area contributed by atoms with E-state index in [1.54, 1.807) is 7.11 Å². The number of nitrogens with zero attached hydrogens (tertiary/aromatic N) is 1. The fourth-order valence-electron chi connectivity index (χ4n) is 1.70. The van der Waals surface area contributed by atoms with Crippen LogP contribution in [-0.4, -0.2) is 24.1 Å². The Bertz CT molecular complexity index is 339. The molecule has 0 atom stereocenters. The molecule has 0 bridgehead atoms. The minimum Gasteiger partial charge on any atom is -0.385 e. The number of ether oxygens (including phenoxy) is 1. The third-order valence-corrected chi connectivity index (χ3v) is 2.75. The lowest BCUT2D eigenvalue weighted by Gasteiger charge is -2.01. The second kappa shape index (κ2) is 4.62. The molecule has 1 heterocycles. The van der Waals surface area contributed by atoms with Crippen LogP contribution in [0.2, 0.25) is 0 Å². The Kier molecular flexibility index (Phi) is 3.21. The lowest BCUT2D eigenvalue weighted by atomic mass is 10.1. The van der Waals surface area contributed by atoms with Crippen LogP contribution in [0.3, 0.4) is 0 Å². The van der Waals surface area contributed by atoms with Gasteiger partial charge in [0.25, 0.3) is 0 Å². The standard InChI is InChI=1S/C12H17NO2/c1-15-8-2-6-13-7-5-11(9-13)12(14)10-3-4-10/h5,7,9-10H,2-4,6,8H2,1H3. The van der Waals surface area contributed by atoms with Crippen molar-refractivity contribution < 1.29 is 9.53 Å². The molecular weight excluding hydrogens is 190 g/mol. The fourth-order valence-corrected chi connectivity index (χ4v) is 1.70. The molecule has 0 amide bonds. The van der Waals surface area contributed by atoms with Crippen molar-refractivity contribution in [3.63, 3.8) is 0 Å². The van der Waals surface area contributed by atoms with E-state index in [1.807, 2.05) is 18.5 Å². The van der Waals surface area contributed by atoms with Crippen molar-refractivity contribution >= 4 is 5.78 Å². The number of methoxy groups -OCH3 is 1. The molecule has 1 aromatic heterocycles. The van der Waals surface area contributed by atoms with Gasteiger partial charge in [-0.1, -0.05) is 0 Å². The summed E-state index contributed by atoms with van der Waals surface area (Å²) in [5.41, 5.74) is 0.870. The summed E-state index contributed by atoms with van der Waals surface area (Å²) in [6.07, 6.45) is 7.07. The maximum Gasteiger partial charge on any atom is 0.167 e. The van der Waals surface area contributed by atoms with Crippen molar-refractivity contribution in [3.05, 3.63) is 24.0 Å². The van der Waals surface area contributed by atoms with Crippen molar-refractivity contribution in [1.82, 2.24) is 4.57 Å². The van der Waals surface area contributed by atoms with Crippen molar-refractivity contribution in [2.24, 2.45) is 5.92 Å². The van der Waals surface area contributed by atoms with Gasteiger partial charge < -0.3 is 9.30 Å². The molecule has 3 heteroatoms. The van der Waals surface area contributed by atoms with Gasteiger partial charge in [-0.25, -0.2) is 0 Å². The van der Waals surface area contributed by atoms with Gasteiger partial charge in [0.15, 0.2) is 5.78 Å². The second-order valence-electron chi connectivity index (χ2n) is 4.12. The summed E-state index contributed by atoms with van der Waals surface area (Å²) in [6.45, 7) is 1.69. The van der Waals surface area contributed by atoms with E-state index in [0.29, 0.717) is 11.7 Å². The molecule has 15 heavy (non-hydrogen) atoms. The molecule has 0 spiro atoms. The molecule has 82 valence electrons. The van der Waals surface area contributed by atoms with E-state index in [-0.39, 0.29) is 0 Å². The first-order chi connectivity index (χ1) is 7.31. The largest absolute Gasteiger partial charge is 0.385 e. The SMILES string of the molecule is COCCCn1ccc(C(=O)C2CC2)c1. The van der Waals surface area contributed by atoms with E-state index in [9.17, 15) is 4.79 Å². The number of hydrogen-bond acceptors (Lipinski definition) is 2. The van der Waals surface area contributed by atoms with Gasteiger partial charge in [0.05, 0.1) is 0 Å². The van der Waals surface area contributed by atoms with Gasteiger partial charge in [-0.05, 0) is 25.3 Å². The van der Waals surface area contributed by atoms with E-state index >= 15 is 0 Å². The van der Waals surface area contributed by atoms with Gasteiger partial charge in [-0.15, -0.1) is 0 Å². The molecule has 1 fully saturated rings. The average Bonchev–Trinajstić information content (AvgIpc) is 2.98. The topological polar surface area (TPSA) is 31.2 Å². The number of carbonyl (C=O) groups is 1. The first-order valence-electron chi connectivity index (χ1n) is 5.50. The Hall–Kier alpha value is -1.09. The maximum atomic E-state index is 11.7. The summed E-state index contributed by atoms with van der Waals surface area (Å²) in [7, 11) is 1.71. The zero-order valence-electron chi connectivity index (χ0n) is 9.11. The summed E-state index contributed by atoms with van der Waals surface area (Å²) >= 11 is 0. The van der Waals surface area contributed by atoms with Crippen molar-refractivity contribution in [3.8, 4) is 0 Å². The molecule has 1 saturated carbocycles. The summed E-state index contributed by atoms with van der Waals surface area (Å²) in [5, 5.41) is 0. The zero-order chi connectivity index (χ0) is 10.7. The number of aryl methyl sites for hydroxylation is 1. The Balaban J connectivity index is 1.88. The van der Waals surface area contributed by atoms with Crippen LogP contribution in [0, 0.1) is 5.92 Å². The Labute approximate surface area is 90.0 Å². The van der Waals surface area contributed by atoms with Crippen LogP contribution in [0.4, 0.5) is 0 Å². The van der Waals surface area contributed by atoms with Crippen LogP contribution in [-0.2, 0) is 11.3 Å². The van der Waals surface area contributed by atoms with E-state index < -0.39 is 0 Å². The molecule has 0 aliphatic heterocycles. The van der Waals surface area contributed by atoms with Crippen LogP contribution in [0.25, 0.3) is 0 Å². The molecule has 0 unspecified atom stereocenters. The number of rotatable bonds is 6. The third kappa shape index (κ3) is 2.69. The molecule has 2 rings (SSSR count). The minimum absolute atomic E-state index is 0.319. The van der Waals surface area contributed by atoms with E-state index in [2.05, 4.69) is 4.57 Å². The monoisotopic (exact) mass is 207 g/mol. The number of Topliss-reactive ketones (excluding diaryl/α,β-unsaturated/α-hetero) is 1. The van der Waals surface area contributed by atoms with Crippen molar-refractivity contribution in [2.75, 3.05) is 13.7 Å². The summed E-state index contributed by atoms with van der Waals surface area (Å²) in [4.78, 5) is 11.7. The smallest absolute Gasteiger partial charge is 0.167 e. The predicted molar refractivity (Wildman–Crippen MR) is 58.0 cm³/mol. The van der Waals surface area contributed by atoms with E-state index in [1.165, 1.54) is 0 Å². The van der Waals surface area contributed by atoms with Gasteiger partial charge in [-0.3, -0.25) is 4.79 Å². The highest BCUT2D eigenvalue weighted by Crippen LogP contribution is 2.32. The molecule has 0 aromatic carbocycles. The highest BCUT2D eigenvalue weighted by molar-refractivity contribution is 5.99. The van der Waals surface area contributed by atoms with Crippen LogP contribution < -0.4 is 0 Å². The van der Waals surface area contributed by atoms with E-state index in [4.69, 9.17) is 4.74 Å². The molecule has 1 aliphatic carbocycles. The lowest BCUT2D eigenvalue weighted by molar-refractivity contribution is 0.0967. The Morgan fingerprint density at radius 3 is 3.07 bits per heavy atom. The number of carbonyl (C=O) groups excluding carboxylic acids is 1. The Morgan fingerprint density at radius 1 is 1.60 bits per heavy atom. The van der Waals surface area contributed by atoms with Gasteiger partial charge in [0.2, 0.25) is 0 Å². The predicted octanol–water partition coefficient (Wildman–Crippen LogP) is 2.12.